The molecule has 0 spiro atoms. The molecule has 2 heterocycles. The molecular formula is C18H21N3O4. The Morgan fingerprint density at radius 1 is 1.24 bits per heavy atom. The van der Waals surface area contributed by atoms with E-state index in [1.165, 1.54) is 0 Å². The Labute approximate surface area is 146 Å². The first-order valence-corrected chi connectivity index (χ1v) is 8.12. The predicted octanol–water partition coefficient (Wildman–Crippen LogP) is 2.42. The second-order valence-corrected chi connectivity index (χ2v) is 5.54. The summed E-state index contributed by atoms with van der Waals surface area (Å²) >= 11 is 0. The molecule has 0 radical (unpaired) electrons. The van der Waals surface area contributed by atoms with E-state index in [0.717, 1.165) is 11.3 Å². The summed E-state index contributed by atoms with van der Waals surface area (Å²) in [6.07, 6.45) is 1.69. The standard InChI is InChI=1S/C18H21N3O4/c1-23-15-3-2-4-16(11-15)25-17-6-5-14(12-19-17)13-20-18(22)21-7-9-24-10-8-21/h2-6,11-12H,7-10,13H2,1H3,(H,20,22). The number of carbonyl (C=O) groups excluding carboxylic acids is 1. The number of nitrogens with zero attached hydrogens (tertiary/aromatic N) is 2. The molecule has 2 aromatic rings. The van der Waals surface area contributed by atoms with Crippen LogP contribution in [0.5, 0.6) is 17.4 Å². The third-order valence-corrected chi connectivity index (χ3v) is 3.80. The third kappa shape index (κ3) is 4.84. The van der Waals surface area contributed by atoms with Crippen LogP contribution in [0.2, 0.25) is 0 Å². The van der Waals surface area contributed by atoms with E-state index in [1.54, 1.807) is 30.3 Å². The third-order valence-electron chi connectivity index (χ3n) is 3.80. The summed E-state index contributed by atoms with van der Waals surface area (Å²) in [7, 11) is 1.61. The molecule has 0 unspecified atom stereocenters. The van der Waals surface area contributed by atoms with Gasteiger partial charge in [0.2, 0.25) is 5.88 Å². The zero-order valence-electron chi connectivity index (χ0n) is 14.1. The number of benzene rings is 1. The SMILES string of the molecule is COc1cccc(Oc2ccc(CNC(=O)N3CCOCC3)cn2)c1. The van der Waals surface area contributed by atoms with Gasteiger partial charge in [0.25, 0.3) is 0 Å². The topological polar surface area (TPSA) is 72.9 Å². The first-order chi connectivity index (χ1) is 12.2. The number of nitrogens with one attached hydrogen (secondary N) is 1. The fourth-order valence-electron chi connectivity index (χ4n) is 2.42. The Morgan fingerprint density at radius 2 is 2.04 bits per heavy atom. The number of urea groups is 1. The number of amides is 2. The average molecular weight is 343 g/mol. The maximum absolute atomic E-state index is 12.0. The van der Waals surface area contributed by atoms with E-state index in [0.29, 0.717) is 44.5 Å². The Balaban J connectivity index is 1.52. The van der Waals surface area contributed by atoms with E-state index in [1.807, 2.05) is 24.3 Å². The molecule has 1 aromatic heterocycles. The summed E-state index contributed by atoms with van der Waals surface area (Å²) in [5, 5.41) is 2.89. The van der Waals surface area contributed by atoms with Gasteiger partial charge in [-0.15, -0.1) is 0 Å². The summed E-state index contributed by atoms with van der Waals surface area (Å²) in [5.74, 6) is 1.86. The molecule has 1 aromatic carbocycles. The number of pyridine rings is 1. The van der Waals surface area contributed by atoms with Gasteiger partial charge in [-0.25, -0.2) is 9.78 Å². The number of hydrogen-bond donors (Lipinski definition) is 1. The van der Waals surface area contributed by atoms with Crippen LogP contribution < -0.4 is 14.8 Å². The Kier molecular flexibility index (Phi) is 5.69. The highest BCUT2D eigenvalue weighted by Gasteiger charge is 2.16. The summed E-state index contributed by atoms with van der Waals surface area (Å²) < 4.78 is 16.1. The van der Waals surface area contributed by atoms with Crippen LogP contribution in [-0.4, -0.2) is 49.3 Å². The van der Waals surface area contributed by atoms with Gasteiger partial charge in [-0.05, 0) is 17.7 Å². The van der Waals surface area contributed by atoms with Crippen LogP contribution in [0, 0.1) is 0 Å². The molecule has 0 aliphatic carbocycles. The van der Waals surface area contributed by atoms with Crippen molar-refractivity contribution in [2.75, 3.05) is 33.4 Å². The van der Waals surface area contributed by atoms with Crippen LogP contribution in [0.1, 0.15) is 5.56 Å². The maximum atomic E-state index is 12.0. The monoisotopic (exact) mass is 343 g/mol. The smallest absolute Gasteiger partial charge is 0.317 e. The highest BCUT2D eigenvalue weighted by molar-refractivity contribution is 5.74. The van der Waals surface area contributed by atoms with Gasteiger partial charge in [0, 0.05) is 38.0 Å². The van der Waals surface area contributed by atoms with Gasteiger partial charge in [-0.1, -0.05) is 12.1 Å². The lowest BCUT2D eigenvalue weighted by atomic mass is 10.3. The number of methoxy groups -OCH3 is 1. The molecule has 3 rings (SSSR count). The fraction of sp³-hybridized carbons (Fsp3) is 0.333. The molecule has 1 fully saturated rings. The number of aromatic nitrogens is 1. The van der Waals surface area contributed by atoms with E-state index in [4.69, 9.17) is 14.2 Å². The van der Waals surface area contributed by atoms with Gasteiger partial charge < -0.3 is 24.4 Å². The lowest BCUT2D eigenvalue weighted by Gasteiger charge is -2.26. The first kappa shape index (κ1) is 17.0. The summed E-state index contributed by atoms with van der Waals surface area (Å²) in [4.78, 5) is 18.1. The molecule has 1 aliphatic rings. The number of hydrogen-bond acceptors (Lipinski definition) is 5. The molecule has 1 N–H and O–H groups in total. The Morgan fingerprint density at radius 3 is 2.76 bits per heavy atom. The van der Waals surface area contributed by atoms with Crippen molar-refractivity contribution in [1.82, 2.24) is 15.2 Å². The van der Waals surface area contributed by atoms with Crippen LogP contribution in [0.25, 0.3) is 0 Å². The van der Waals surface area contributed by atoms with Gasteiger partial charge in [-0.2, -0.15) is 0 Å². The lowest BCUT2D eigenvalue weighted by molar-refractivity contribution is 0.0531. The minimum Gasteiger partial charge on any atom is -0.497 e. The molecule has 2 amide bonds. The second kappa shape index (κ2) is 8.34. The van der Waals surface area contributed by atoms with Crippen molar-refractivity contribution in [3.63, 3.8) is 0 Å². The Hall–Kier alpha value is -2.80. The van der Waals surface area contributed by atoms with E-state index < -0.39 is 0 Å². The molecule has 7 nitrogen and oxygen atoms in total. The molecule has 0 atom stereocenters. The molecule has 25 heavy (non-hydrogen) atoms. The van der Waals surface area contributed by atoms with Crippen molar-refractivity contribution in [1.29, 1.82) is 0 Å². The minimum absolute atomic E-state index is 0.0833. The largest absolute Gasteiger partial charge is 0.497 e. The van der Waals surface area contributed by atoms with Crippen LogP contribution in [0.4, 0.5) is 4.79 Å². The van der Waals surface area contributed by atoms with E-state index >= 15 is 0 Å². The van der Waals surface area contributed by atoms with Crippen molar-refractivity contribution < 1.29 is 19.0 Å². The lowest BCUT2D eigenvalue weighted by Crippen LogP contribution is -2.45. The fourth-order valence-corrected chi connectivity index (χ4v) is 2.42. The van der Waals surface area contributed by atoms with Crippen molar-refractivity contribution in [3.8, 4) is 17.4 Å². The number of carbonyl (C=O) groups is 1. The van der Waals surface area contributed by atoms with Crippen molar-refractivity contribution in [3.05, 3.63) is 48.2 Å². The van der Waals surface area contributed by atoms with E-state index in [-0.39, 0.29) is 6.03 Å². The summed E-state index contributed by atoms with van der Waals surface area (Å²) in [6, 6.07) is 10.9. The van der Waals surface area contributed by atoms with Gasteiger partial charge in [0.05, 0.1) is 20.3 Å². The Bertz CT molecular complexity index is 700. The molecule has 0 bridgehead atoms. The minimum atomic E-state index is -0.0833. The summed E-state index contributed by atoms with van der Waals surface area (Å²) in [6.45, 7) is 2.84. The highest BCUT2D eigenvalue weighted by Crippen LogP contribution is 2.23. The van der Waals surface area contributed by atoms with Crippen LogP contribution in [-0.2, 0) is 11.3 Å². The number of ether oxygens (including phenoxy) is 3. The second-order valence-electron chi connectivity index (χ2n) is 5.54. The van der Waals surface area contributed by atoms with E-state index in [9.17, 15) is 4.79 Å². The highest BCUT2D eigenvalue weighted by atomic mass is 16.5. The van der Waals surface area contributed by atoms with Crippen molar-refractivity contribution in [2.45, 2.75) is 6.54 Å². The zero-order chi connectivity index (χ0) is 17.5. The number of morpholine rings is 1. The maximum Gasteiger partial charge on any atom is 0.317 e. The van der Waals surface area contributed by atoms with Gasteiger partial charge in [0.15, 0.2) is 0 Å². The van der Waals surface area contributed by atoms with Crippen molar-refractivity contribution >= 4 is 6.03 Å². The average Bonchev–Trinajstić information content (AvgIpc) is 2.68. The molecule has 7 heteroatoms. The first-order valence-electron chi connectivity index (χ1n) is 8.12. The van der Waals surface area contributed by atoms with Gasteiger partial charge >= 0.3 is 6.03 Å². The molecule has 1 aliphatic heterocycles. The predicted molar refractivity (Wildman–Crippen MR) is 91.9 cm³/mol. The van der Waals surface area contributed by atoms with Gasteiger partial charge in [0.1, 0.15) is 11.5 Å². The summed E-state index contributed by atoms with van der Waals surface area (Å²) in [5.41, 5.74) is 0.902. The zero-order valence-corrected chi connectivity index (χ0v) is 14.1. The van der Waals surface area contributed by atoms with Gasteiger partial charge in [-0.3, -0.25) is 0 Å². The normalized spacial score (nSPS) is 14.0. The molecule has 132 valence electrons. The van der Waals surface area contributed by atoms with Crippen molar-refractivity contribution in [2.24, 2.45) is 0 Å². The molecular weight excluding hydrogens is 322 g/mol. The number of rotatable bonds is 5. The van der Waals surface area contributed by atoms with Crippen LogP contribution in [0.3, 0.4) is 0 Å². The van der Waals surface area contributed by atoms with Crippen LogP contribution >= 0.6 is 0 Å². The van der Waals surface area contributed by atoms with Crippen LogP contribution in [0.15, 0.2) is 42.6 Å². The molecule has 0 saturated carbocycles. The quantitative estimate of drug-likeness (QED) is 0.903. The molecule has 1 saturated heterocycles. The van der Waals surface area contributed by atoms with E-state index in [2.05, 4.69) is 10.3 Å².